The van der Waals surface area contributed by atoms with Crippen molar-refractivity contribution < 1.29 is 9.90 Å². The Morgan fingerprint density at radius 2 is 2.04 bits per heavy atom. The fraction of sp³-hybridized carbons (Fsp3) is 0.444. The summed E-state index contributed by atoms with van der Waals surface area (Å²) < 4.78 is 0. The Kier molecular flexibility index (Phi) is 6.34. The molecule has 0 aliphatic carbocycles. The molecule has 1 aromatic carbocycles. The molecule has 2 amide bonds. The third kappa shape index (κ3) is 5.94. The lowest BCUT2D eigenvalue weighted by atomic mass is 10.1. The molecule has 24 heavy (non-hydrogen) atoms. The van der Waals surface area contributed by atoms with Gasteiger partial charge >= 0.3 is 6.03 Å². The number of rotatable bonds is 7. The van der Waals surface area contributed by atoms with Gasteiger partial charge in [-0.15, -0.1) is 11.3 Å². The van der Waals surface area contributed by atoms with Crippen molar-refractivity contribution in [2.75, 3.05) is 6.54 Å². The van der Waals surface area contributed by atoms with Crippen LogP contribution in [0.25, 0.3) is 0 Å². The summed E-state index contributed by atoms with van der Waals surface area (Å²) >= 11 is 1.61. The van der Waals surface area contributed by atoms with Gasteiger partial charge in [-0.05, 0) is 25.8 Å². The molecule has 0 aliphatic heterocycles. The van der Waals surface area contributed by atoms with E-state index in [1.165, 1.54) is 0 Å². The molecule has 130 valence electrons. The van der Waals surface area contributed by atoms with E-state index in [4.69, 9.17) is 0 Å². The Morgan fingerprint density at radius 1 is 1.33 bits per heavy atom. The third-order valence-electron chi connectivity index (χ3n) is 3.40. The molecule has 1 heterocycles. The van der Waals surface area contributed by atoms with Gasteiger partial charge < -0.3 is 15.3 Å². The van der Waals surface area contributed by atoms with Crippen LogP contribution >= 0.6 is 11.3 Å². The number of hydrogen-bond acceptors (Lipinski definition) is 4. The van der Waals surface area contributed by atoms with Crippen LogP contribution in [-0.4, -0.2) is 33.2 Å². The van der Waals surface area contributed by atoms with Crippen molar-refractivity contribution in [3.05, 3.63) is 52.0 Å². The van der Waals surface area contributed by atoms with E-state index < -0.39 is 5.60 Å². The lowest BCUT2D eigenvalue weighted by molar-refractivity contribution is 0.0446. The zero-order valence-corrected chi connectivity index (χ0v) is 15.3. The van der Waals surface area contributed by atoms with E-state index in [-0.39, 0.29) is 12.6 Å². The molecule has 5 nitrogen and oxygen atoms in total. The summed E-state index contributed by atoms with van der Waals surface area (Å²) in [5.74, 6) is 0. The van der Waals surface area contributed by atoms with E-state index in [2.05, 4.69) is 17.2 Å². The van der Waals surface area contributed by atoms with Crippen molar-refractivity contribution >= 4 is 17.4 Å². The molecular weight excluding hydrogens is 322 g/mol. The molecule has 0 unspecified atom stereocenters. The van der Waals surface area contributed by atoms with Crippen LogP contribution < -0.4 is 5.32 Å². The number of nitrogens with one attached hydrogen (secondary N) is 1. The predicted molar refractivity (Wildman–Crippen MR) is 96.9 cm³/mol. The van der Waals surface area contributed by atoms with Gasteiger partial charge in [-0.3, -0.25) is 0 Å². The van der Waals surface area contributed by atoms with E-state index in [1.54, 1.807) is 30.1 Å². The predicted octanol–water partition coefficient (Wildman–Crippen LogP) is 3.19. The first-order valence-corrected chi connectivity index (χ1v) is 8.97. The first-order valence-electron chi connectivity index (χ1n) is 8.10. The van der Waals surface area contributed by atoms with Crippen LogP contribution in [0.2, 0.25) is 0 Å². The van der Waals surface area contributed by atoms with Crippen LogP contribution in [0, 0.1) is 0 Å². The van der Waals surface area contributed by atoms with Crippen LogP contribution in [0.5, 0.6) is 0 Å². The monoisotopic (exact) mass is 347 g/mol. The van der Waals surface area contributed by atoms with Gasteiger partial charge in [-0.2, -0.15) is 0 Å². The molecule has 0 saturated heterocycles. The standard InChI is InChI=1S/C18H25N3O2S/c1-4-16-20-15(12-24-16)10-19-17(22)21(13-18(2,3)23)11-14-8-6-5-7-9-14/h5-9,12,23H,4,10-11,13H2,1-3H3,(H,19,22). The SMILES string of the molecule is CCc1nc(CNC(=O)N(Cc2ccccc2)CC(C)(C)O)cs1. The number of aryl methyl sites for hydroxylation is 1. The largest absolute Gasteiger partial charge is 0.389 e. The minimum atomic E-state index is -0.956. The van der Waals surface area contributed by atoms with E-state index in [9.17, 15) is 9.90 Å². The minimum absolute atomic E-state index is 0.202. The number of aromatic nitrogens is 1. The summed E-state index contributed by atoms with van der Waals surface area (Å²) in [7, 11) is 0. The quantitative estimate of drug-likeness (QED) is 0.808. The number of hydrogen-bond donors (Lipinski definition) is 2. The average molecular weight is 347 g/mol. The molecule has 6 heteroatoms. The van der Waals surface area contributed by atoms with Gasteiger partial charge in [0, 0.05) is 11.9 Å². The summed E-state index contributed by atoms with van der Waals surface area (Å²) in [5.41, 5.74) is 0.939. The maximum Gasteiger partial charge on any atom is 0.318 e. The third-order valence-corrected chi connectivity index (χ3v) is 4.45. The first-order chi connectivity index (χ1) is 11.4. The lowest BCUT2D eigenvalue weighted by Crippen LogP contribution is -2.46. The van der Waals surface area contributed by atoms with Crippen molar-refractivity contribution in [1.82, 2.24) is 15.2 Å². The summed E-state index contributed by atoms with van der Waals surface area (Å²) in [5, 5.41) is 16.0. The highest BCUT2D eigenvalue weighted by Gasteiger charge is 2.22. The molecule has 0 saturated carbocycles. The Hall–Kier alpha value is -1.92. The Balaban J connectivity index is 2.00. The number of carbonyl (C=O) groups excluding carboxylic acids is 1. The summed E-state index contributed by atoms with van der Waals surface area (Å²) in [6.45, 7) is 6.57. The van der Waals surface area contributed by atoms with Gasteiger partial charge in [0.05, 0.1) is 29.4 Å². The molecule has 2 aromatic rings. The molecule has 0 radical (unpaired) electrons. The van der Waals surface area contributed by atoms with Gasteiger partial charge in [0.15, 0.2) is 0 Å². The smallest absolute Gasteiger partial charge is 0.318 e. The topological polar surface area (TPSA) is 65.5 Å². The fourth-order valence-corrected chi connectivity index (χ4v) is 3.09. The second kappa shape index (κ2) is 8.26. The number of benzene rings is 1. The van der Waals surface area contributed by atoms with Crippen molar-refractivity contribution in [3.63, 3.8) is 0 Å². The van der Waals surface area contributed by atoms with Crippen LogP contribution in [-0.2, 0) is 19.5 Å². The normalized spacial score (nSPS) is 11.3. The average Bonchev–Trinajstić information content (AvgIpc) is 3.00. The molecule has 1 aromatic heterocycles. The van der Waals surface area contributed by atoms with E-state index in [0.717, 1.165) is 22.7 Å². The second-order valence-electron chi connectivity index (χ2n) is 6.40. The molecule has 0 spiro atoms. The highest BCUT2D eigenvalue weighted by Crippen LogP contribution is 2.12. The van der Waals surface area contributed by atoms with Gasteiger partial charge in [-0.25, -0.2) is 9.78 Å². The summed E-state index contributed by atoms with van der Waals surface area (Å²) in [6, 6.07) is 9.56. The van der Waals surface area contributed by atoms with E-state index in [0.29, 0.717) is 13.1 Å². The zero-order chi connectivity index (χ0) is 17.6. The van der Waals surface area contributed by atoms with Crippen molar-refractivity contribution in [2.45, 2.75) is 45.9 Å². The van der Waals surface area contributed by atoms with Gasteiger partial charge in [0.2, 0.25) is 0 Å². The van der Waals surface area contributed by atoms with Gasteiger partial charge in [0.25, 0.3) is 0 Å². The Labute approximate surface area is 147 Å². The van der Waals surface area contributed by atoms with Crippen LogP contribution in [0.1, 0.15) is 37.0 Å². The summed E-state index contributed by atoms with van der Waals surface area (Å²) in [6.07, 6.45) is 0.900. The van der Waals surface area contributed by atoms with Crippen LogP contribution in [0.15, 0.2) is 35.7 Å². The van der Waals surface area contributed by atoms with Gasteiger partial charge in [0.1, 0.15) is 0 Å². The first kappa shape index (κ1) is 18.4. The highest BCUT2D eigenvalue weighted by atomic mass is 32.1. The van der Waals surface area contributed by atoms with Crippen molar-refractivity contribution in [3.8, 4) is 0 Å². The lowest BCUT2D eigenvalue weighted by Gasteiger charge is -2.29. The Morgan fingerprint density at radius 3 is 2.62 bits per heavy atom. The number of urea groups is 1. The number of carbonyl (C=O) groups is 1. The van der Waals surface area contributed by atoms with E-state index in [1.807, 2.05) is 35.7 Å². The number of thiazole rings is 1. The minimum Gasteiger partial charge on any atom is -0.389 e. The molecule has 0 atom stereocenters. The summed E-state index contributed by atoms with van der Waals surface area (Å²) in [4.78, 5) is 18.6. The molecule has 0 fully saturated rings. The number of nitrogens with zero attached hydrogens (tertiary/aromatic N) is 2. The molecule has 2 N–H and O–H groups in total. The maximum atomic E-state index is 12.6. The number of aliphatic hydroxyl groups is 1. The second-order valence-corrected chi connectivity index (χ2v) is 7.34. The van der Waals surface area contributed by atoms with Crippen LogP contribution in [0.3, 0.4) is 0 Å². The van der Waals surface area contributed by atoms with Crippen molar-refractivity contribution in [1.29, 1.82) is 0 Å². The molecule has 0 aliphatic rings. The fourth-order valence-electron chi connectivity index (χ4n) is 2.34. The molecule has 0 bridgehead atoms. The Bertz CT molecular complexity index is 650. The molecule has 2 rings (SSSR count). The van der Waals surface area contributed by atoms with E-state index >= 15 is 0 Å². The number of amides is 2. The van der Waals surface area contributed by atoms with Crippen molar-refractivity contribution in [2.24, 2.45) is 0 Å². The van der Waals surface area contributed by atoms with Gasteiger partial charge in [-0.1, -0.05) is 37.3 Å². The maximum absolute atomic E-state index is 12.6. The van der Waals surface area contributed by atoms with Crippen LogP contribution in [0.4, 0.5) is 4.79 Å². The molecular formula is C18H25N3O2S. The zero-order valence-electron chi connectivity index (χ0n) is 14.5. The highest BCUT2D eigenvalue weighted by molar-refractivity contribution is 7.09.